The molecule has 4 unspecified atom stereocenters. The normalized spacial score (nSPS) is 29.0. The second-order valence-electron chi connectivity index (χ2n) is 8.78. The minimum atomic E-state index is -0.114. The molecule has 4 atom stereocenters. The van der Waals surface area contributed by atoms with E-state index in [1.54, 1.807) is 12.3 Å². The van der Waals surface area contributed by atoms with Gasteiger partial charge in [-0.1, -0.05) is 6.92 Å². The van der Waals surface area contributed by atoms with Gasteiger partial charge in [-0.2, -0.15) is 5.26 Å². The van der Waals surface area contributed by atoms with Crippen molar-refractivity contribution in [2.24, 2.45) is 11.8 Å². The number of nitrogens with one attached hydrogen (secondary N) is 2. The third-order valence-electron chi connectivity index (χ3n) is 6.66. The van der Waals surface area contributed by atoms with Crippen LogP contribution in [0.25, 0.3) is 0 Å². The molecular weight excluding hydrogens is 380 g/mol. The Morgan fingerprint density at radius 2 is 2.07 bits per heavy atom. The molecule has 8 heteroatoms. The van der Waals surface area contributed by atoms with Crippen LogP contribution in [-0.4, -0.2) is 60.1 Å². The summed E-state index contributed by atoms with van der Waals surface area (Å²) in [7, 11) is 0. The van der Waals surface area contributed by atoms with Gasteiger partial charge in [0.2, 0.25) is 11.8 Å². The maximum atomic E-state index is 12.7. The van der Waals surface area contributed by atoms with E-state index in [0.717, 1.165) is 38.2 Å². The number of nitriles is 1. The first kappa shape index (κ1) is 20.6. The highest BCUT2D eigenvalue weighted by Crippen LogP contribution is 2.31. The van der Waals surface area contributed by atoms with Gasteiger partial charge in [0.05, 0.1) is 17.6 Å². The van der Waals surface area contributed by atoms with Crippen LogP contribution >= 0.6 is 0 Å². The van der Waals surface area contributed by atoms with Gasteiger partial charge in [-0.05, 0) is 43.7 Å². The number of aromatic nitrogens is 1. The Hall–Kier alpha value is -2.66. The number of piperazine rings is 1. The minimum absolute atomic E-state index is 0.0806. The molecule has 4 rings (SSSR count). The lowest BCUT2D eigenvalue weighted by Gasteiger charge is -2.42. The summed E-state index contributed by atoms with van der Waals surface area (Å²) < 4.78 is 0. The molecule has 2 saturated heterocycles. The van der Waals surface area contributed by atoms with E-state index >= 15 is 0 Å². The molecule has 0 spiro atoms. The van der Waals surface area contributed by atoms with Crippen molar-refractivity contribution < 1.29 is 9.59 Å². The lowest BCUT2D eigenvalue weighted by atomic mass is 9.77. The van der Waals surface area contributed by atoms with Crippen LogP contribution in [0.2, 0.25) is 0 Å². The van der Waals surface area contributed by atoms with Crippen LogP contribution in [0.1, 0.15) is 44.6 Å². The molecule has 30 heavy (non-hydrogen) atoms. The predicted molar refractivity (Wildman–Crippen MR) is 112 cm³/mol. The van der Waals surface area contributed by atoms with Gasteiger partial charge in [0.1, 0.15) is 11.9 Å². The molecule has 2 amide bonds. The summed E-state index contributed by atoms with van der Waals surface area (Å²) >= 11 is 0. The van der Waals surface area contributed by atoms with E-state index in [-0.39, 0.29) is 29.9 Å². The fourth-order valence-corrected chi connectivity index (χ4v) is 4.86. The van der Waals surface area contributed by atoms with Crippen LogP contribution in [0, 0.1) is 23.2 Å². The average molecular weight is 411 g/mol. The summed E-state index contributed by atoms with van der Waals surface area (Å²) in [5.41, 5.74) is 0.546. The van der Waals surface area contributed by atoms with Crippen LogP contribution in [-0.2, 0) is 9.59 Å². The fraction of sp³-hybridized carbons (Fsp3) is 0.636. The van der Waals surface area contributed by atoms with Crippen molar-refractivity contribution in [3.8, 4) is 6.07 Å². The molecule has 0 bridgehead atoms. The number of hydrogen-bond donors (Lipinski definition) is 2. The number of carbonyl (C=O) groups is 2. The van der Waals surface area contributed by atoms with Crippen LogP contribution in [0.4, 0.5) is 5.82 Å². The molecule has 3 heterocycles. The van der Waals surface area contributed by atoms with Crippen molar-refractivity contribution in [2.75, 3.05) is 31.1 Å². The zero-order chi connectivity index (χ0) is 21.1. The summed E-state index contributed by atoms with van der Waals surface area (Å²) in [6.45, 7) is 5.02. The van der Waals surface area contributed by atoms with Crippen LogP contribution < -0.4 is 15.5 Å². The van der Waals surface area contributed by atoms with E-state index in [1.165, 1.54) is 0 Å². The number of carbonyl (C=O) groups excluding carboxylic acids is 2. The molecular formula is C22H30N6O2. The molecule has 8 nitrogen and oxygen atoms in total. The van der Waals surface area contributed by atoms with Gasteiger partial charge in [0, 0.05) is 44.8 Å². The lowest BCUT2D eigenvalue weighted by Crippen LogP contribution is -2.62. The first-order valence-electron chi connectivity index (χ1n) is 11.0. The van der Waals surface area contributed by atoms with Crippen molar-refractivity contribution in [1.82, 2.24) is 20.5 Å². The minimum Gasteiger partial charge on any atom is -0.353 e. The molecule has 1 aliphatic carbocycles. The molecule has 0 radical (unpaired) electrons. The number of fused-ring (bicyclic) bond motifs is 1. The van der Waals surface area contributed by atoms with Gasteiger partial charge >= 0.3 is 0 Å². The van der Waals surface area contributed by atoms with Crippen molar-refractivity contribution in [1.29, 1.82) is 5.26 Å². The highest BCUT2D eigenvalue weighted by Gasteiger charge is 2.39. The van der Waals surface area contributed by atoms with E-state index in [2.05, 4.69) is 33.5 Å². The van der Waals surface area contributed by atoms with E-state index in [0.29, 0.717) is 37.4 Å². The molecule has 1 aromatic rings. The monoisotopic (exact) mass is 410 g/mol. The third kappa shape index (κ3) is 4.57. The topological polar surface area (TPSA) is 101 Å². The Kier molecular flexibility index (Phi) is 6.18. The maximum Gasteiger partial charge on any atom is 0.225 e. The Morgan fingerprint density at radius 1 is 1.27 bits per heavy atom. The SMILES string of the molecule is CC1CCC2C(=O)NC(CCC(=O)N3CCN(c4ccc(C#N)cn4)CC3)NC2C1. The molecule has 1 aromatic heterocycles. The smallest absolute Gasteiger partial charge is 0.225 e. The molecule has 1 saturated carbocycles. The van der Waals surface area contributed by atoms with Crippen molar-refractivity contribution in [3.63, 3.8) is 0 Å². The third-order valence-corrected chi connectivity index (χ3v) is 6.66. The molecule has 160 valence electrons. The number of rotatable bonds is 4. The first-order chi connectivity index (χ1) is 14.5. The Morgan fingerprint density at radius 3 is 2.77 bits per heavy atom. The van der Waals surface area contributed by atoms with Gasteiger partial charge < -0.3 is 15.1 Å². The molecule has 3 aliphatic rings. The fourth-order valence-electron chi connectivity index (χ4n) is 4.86. The Bertz CT molecular complexity index is 812. The zero-order valence-electron chi connectivity index (χ0n) is 17.5. The Labute approximate surface area is 177 Å². The number of anilines is 1. The second-order valence-corrected chi connectivity index (χ2v) is 8.78. The van der Waals surface area contributed by atoms with Crippen LogP contribution in [0.3, 0.4) is 0 Å². The van der Waals surface area contributed by atoms with Crippen molar-refractivity contribution >= 4 is 17.6 Å². The summed E-state index contributed by atoms with van der Waals surface area (Å²) in [4.78, 5) is 33.5. The maximum absolute atomic E-state index is 12.7. The van der Waals surface area contributed by atoms with Gasteiger partial charge in [-0.15, -0.1) is 0 Å². The van der Waals surface area contributed by atoms with E-state index < -0.39 is 0 Å². The summed E-state index contributed by atoms with van der Waals surface area (Å²) in [5.74, 6) is 1.85. The van der Waals surface area contributed by atoms with Crippen LogP contribution in [0.5, 0.6) is 0 Å². The molecule has 3 fully saturated rings. The first-order valence-corrected chi connectivity index (χ1v) is 11.0. The number of nitrogens with zero attached hydrogens (tertiary/aromatic N) is 4. The van der Waals surface area contributed by atoms with Crippen molar-refractivity contribution in [2.45, 2.75) is 51.2 Å². The molecule has 0 aromatic carbocycles. The lowest BCUT2D eigenvalue weighted by molar-refractivity contribution is -0.134. The average Bonchev–Trinajstić information content (AvgIpc) is 2.77. The number of hydrogen-bond acceptors (Lipinski definition) is 6. The summed E-state index contributed by atoms with van der Waals surface area (Å²) in [6, 6.07) is 5.94. The van der Waals surface area contributed by atoms with Gasteiger partial charge in [-0.25, -0.2) is 4.98 Å². The van der Waals surface area contributed by atoms with Gasteiger partial charge in [0.15, 0.2) is 0 Å². The van der Waals surface area contributed by atoms with E-state index in [1.807, 2.05) is 11.0 Å². The highest BCUT2D eigenvalue weighted by atomic mass is 16.2. The van der Waals surface area contributed by atoms with Gasteiger partial charge in [0.25, 0.3) is 0 Å². The molecule has 2 aliphatic heterocycles. The van der Waals surface area contributed by atoms with E-state index in [9.17, 15) is 9.59 Å². The second kappa shape index (κ2) is 9.00. The van der Waals surface area contributed by atoms with E-state index in [4.69, 9.17) is 5.26 Å². The zero-order valence-corrected chi connectivity index (χ0v) is 17.5. The number of pyridine rings is 1. The molecule has 2 N–H and O–H groups in total. The number of amides is 2. The highest BCUT2D eigenvalue weighted by molar-refractivity contribution is 5.81. The quantitative estimate of drug-likeness (QED) is 0.774. The summed E-state index contributed by atoms with van der Waals surface area (Å²) in [6.07, 6.45) is 5.62. The Balaban J connectivity index is 1.23. The van der Waals surface area contributed by atoms with Crippen molar-refractivity contribution in [3.05, 3.63) is 23.9 Å². The standard InChI is InChI=1S/C22H30N6O2/c1-15-2-4-17-18(12-15)25-19(26-22(17)30)5-7-21(29)28-10-8-27(9-11-28)20-6-3-16(13-23)14-24-20/h3,6,14-15,17-19,25H,2,4-5,7-12H2,1H3,(H,26,30). The van der Waals surface area contributed by atoms with Gasteiger partial charge in [-0.3, -0.25) is 14.9 Å². The van der Waals surface area contributed by atoms with Crippen LogP contribution in [0.15, 0.2) is 18.3 Å². The largest absolute Gasteiger partial charge is 0.353 e. The summed E-state index contributed by atoms with van der Waals surface area (Å²) in [5, 5.41) is 15.5. The predicted octanol–water partition coefficient (Wildman–Crippen LogP) is 1.23.